The van der Waals surface area contributed by atoms with Crippen LogP contribution < -0.4 is 9.62 Å². The molecule has 0 saturated carbocycles. The summed E-state index contributed by atoms with van der Waals surface area (Å²) in [5.41, 5.74) is 3.12. The second kappa shape index (κ2) is 6.98. The number of aryl methyl sites for hydroxylation is 2. The van der Waals surface area contributed by atoms with Crippen LogP contribution in [0.4, 0.5) is 11.4 Å². The Labute approximate surface area is 163 Å². The summed E-state index contributed by atoms with van der Waals surface area (Å²) in [4.78, 5) is 24.7. The molecule has 0 spiro atoms. The van der Waals surface area contributed by atoms with Gasteiger partial charge in [-0.3, -0.25) is 9.59 Å². The van der Waals surface area contributed by atoms with Crippen molar-refractivity contribution in [1.82, 2.24) is 0 Å². The van der Waals surface area contributed by atoms with E-state index in [1.165, 1.54) is 18.2 Å². The summed E-state index contributed by atoms with van der Waals surface area (Å²) in [5, 5.41) is 2.83. The van der Waals surface area contributed by atoms with Gasteiger partial charge in [-0.2, -0.15) is 0 Å². The first kappa shape index (κ1) is 19.4. The minimum absolute atomic E-state index is 0.0661. The second-order valence-electron chi connectivity index (χ2n) is 6.70. The van der Waals surface area contributed by atoms with E-state index in [9.17, 15) is 18.0 Å². The van der Waals surface area contributed by atoms with Crippen molar-refractivity contribution >= 4 is 44.8 Å². The predicted octanol–water partition coefficient (Wildman–Crippen LogP) is 3.52. The number of sulfonamides is 1. The van der Waals surface area contributed by atoms with Gasteiger partial charge in [0.1, 0.15) is 0 Å². The van der Waals surface area contributed by atoms with Crippen molar-refractivity contribution in [2.45, 2.75) is 20.8 Å². The summed E-state index contributed by atoms with van der Waals surface area (Å²) >= 11 is 6.21. The van der Waals surface area contributed by atoms with E-state index in [1.54, 1.807) is 13.0 Å². The van der Waals surface area contributed by atoms with Gasteiger partial charge in [0.15, 0.2) is 0 Å². The summed E-state index contributed by atoms with van der Waals surface area (Å²) in [5.74, 6) is -1.77. The normalized spacial score (nSPS) is 18.6. The highest BCUT2D eigenvalue weighted by Gasteiger charge is 2.42. The lowest BCUT2D eigenvalue weighted by molar-refractivity contribution is -0.119. The van der Waals surface area contributed by atoms with Crippen molar-refractivity contribution < 1.29 is 18.0 Å². The minimum Gasteiger partial charge on any atom is -0.322 e. The van der Waals surface area contributed by atoms with Crippen LogP contribution >= 0.6 is 11.6 Å². The lowest BCUT2D eigenvalue weighted by Crippen LogP contribution is -2.30. The van der Waals surface area contributed by atoms with Crippen LogP contribution in [0, 0.1) is 19.8 Å². The van der Waals surface area contributed by atoms with Crippen molar-refractivity contribution in [3.05, 3.63) is 58.1 Å². The fourth-order valence-electron chi connectivity index (χ4n) is 2.92. The molecule has 8 heteroatoms. The summed E-state index contributed by atoms with van der Waals surface area (Å²) in [7, 11) is -3.72. The zero-order valence-electron chi connectivity index (χ0n) is 15.1. The van der Waals surface area contributed by atoms with Crippen LogP contribution in [0.5, 0.6) is 0 Å². The Balaban J connectivity index is 1.87. The molecule has 2 aromatic rings. The molecule has 142 valence electrons. The minimum atomic E-state index is -3.72. The van der Waals surface area contributed by atoms with Crippen LogP contribution in [-0.4, -0.2) is 26.0 Å². The number of rotatable bonds is 3. The van der Waals surface area contributed by atoms with Gasteiger partial charge in [-0.25, -0.2) is 12.7 Å². The van der Waals surface area contributed by atoms with Crippen LogP contribution in [0.15, 0.2) is 36.4 Å². The van der Waals surface area contributed by atoms with Crippen LogP contribution in [0.25, 0.3) is 0 Å². The SMILES string of the molecule is Cc1ccc(NC(=O)c2ccc(N3C(=O)[C@@H](C)CS3(=O)=O)cc2Cl)cc1C. The van der Waals surface area contributed by atoms with Crippen LogP contribution in [-0.2, 0) is 14.8 Å². The maximum Gasteiger partial charge on any atom is 0.257 e. The summed E-state index contributed by atoms with van der Waals surface area (Å²) < 4.78 is 25.2. The molecule has 1 saturated heterocycles. The molecule has 27 heavy (non-hydrogen) atoms. The first-order chi connectivity index (χ1) is 12.6. The zero-order chi connectivity index (χ0) is 19.9. The van der Waals surface area contributed by atoms with E-state index in [1.807, 2.05) is 26.0 Å². The highest BCUT2D eigenvalue weighted by molar-refractivity contribution is 7.94. The van der Waals surface area contributed by atoms with E-state index in [0.717, 1.165) is 15.4 Å². The number of hydrogen-bond acceptors (Lipinski definition) is 4. The first-order valence-corrected chi connectivity index (χ1v) is 10.3. The molecule has 0 unspecified atom stereocenters. The third-order valence-electron chi connectivity index (χ3n) is 4.56. The summed E-state index contributed by atoms with van der Waals surface area (Å²) in [6.45, 7) is 5.49. The third kappa shape index (κ3) is 3.70. The first-order valence-electron chi connectivity index (χ1n) is 8.35. The van der Waals surface area contributed by atoms with Crippen molar-refractivity contribution in [3.8, 4) is 0 Å². The fourth-order valence-corrected chi connectivity index (χ4v) is 4.99. The number of halogens is 1. The molecule has 0 radical (unpaired) electrons. The molecule has 0 bridgehead atoms. The Morgan fingerprint density at radius 3 is 2.41 bits per heavy atom. The van der Waals surface area contributed by atoms with Gasteiger partial charge in [0.25, 0.3) is 5.91 Å². The molecule has 2 amide bonds. The molecule has 2 aromatic carbocycles. The topological polar surface area (TPSA) is 83.6 Å². The molecule has 1 aliphatic heterocycles. The number of nitrogens with zero attached hydrogens (tertiary/aromatic N) is 1. The molecule has 6 nitrogen and oxygen atoms in total. The van der Waals surface area contributed by atoms with Gasteiger partial charge in [-0.1, -0.05) is 24.6 Å². The largest absolute Gasteiger partial charge is 0.322 e. The zero-order valence-corrected chi connectivity index (χ0v) is 16.7. The van der Waals surface area contributed by atoms with E-state index < -0.39 is 27.8 Å². The molecule has 1 atom stereocenters. The molecule has 1 heterocycles. The molecule has 1 fully saturated rings. The number of hydrogen-bond donors (Lipinski definition) is 1. The smallest absolute Gasteiger partial charge is 0.257 e. The molecule has 0 aliphatic carbocycles. The quantitative estimate of drug-likeness (QED) is 0.845. The van der Waals surface area contributed by atoms with Crippen LogP contribution in [0.3, 0.4) is 0 Å². The summed E-state index contributed by atoms with van der Waals surface area (Å²) in [6, 6.07) is 9.70. The predicted molar refractivity (Wildman–Crippen MR) is 106 cm³/mol. The lowest BCUT2D eigenvalue weighted by Gasteiger charge is -2.16. The van der Waals surface area contributed by atoms with Gasteiger partial charge in [0.05, 0.1) is 27.9 Å². The molecular formula is C19H19ClN2O4S. The Bertz CT molecular complexity index is 1050. The Morgan fingerprint density at radius 2 is 1.85 bits per heavy atom. The van der Waals surface area contributed by atoms with E-state index in [4.69, 9.17) is 11.6 Å². The fraction of sp³-hybridized carbons (Fsp3) is 0.263. The maximum atomic E-state index is 12.5. The number of anilines is 2. The molecular weight excluding hydrogens is 388 g/mol. The van der Waals surface area contributed by atoms with E-state index in [0.29, 0.717) is 5.69 Å². The van der Waals surface area contributed by atoms with Gasteiger partial charge in [0.2, 0.25) is 15.9 Å². The average Bonchev–Trinajstić information content (AvgIpc) is 2.78. The number of carbonyl (C=O) groups excluding carboxylic acids is 2. The number of benzene rings is 2. The second-order valence-corrected chi connectivity index (χ2v) is 8.97. The number of carbonyl (C=O) groups is 2. The van der Waals surface area contributed by atoms with Gasteiger partial charge in [-0.05, 0) is 55.3 Å². The van der Waals surface area contributed by atoms with Crippen molar-refractivity contribution in [2.75, 3.05) is 15.4 Å². The molecule has 1 aliphatic rings. The molecule has 1 N–H and O–H groups in total. The maximum absolute atomic E-state index is 12.5. The number of nitrogens with one attached hydrogen (secondary N) is 1. The van der Waals surface area contributed by atoms with Gasteiger partial charge in [0, 0.05) is 5.69 Å². The Kier molecular flexibility index (Phi) is 5.01. The van der Waals surface area contributed by atoms with Crippen LogP contribution in [0.2, 0.25) is 5.02 Å². The van der Waals surface area contributed by atoms with Gasteiger partial charge >= 0.3 is 0 Å². The Morgan fingerprint density at radius 1 is 1.15 bits per heavy atom. The van der Waals surface area contributed by atoms with Gasteiger partial charge in [-0.15, -0.1) is 0 Å². The highest BCUT2D eigenvalue weighted by atomic mass is 35.5. The summed E-state index contributed by atoms with van der Waals surface area (Å²) in [6.07, 6.45) is 0. The van der Waals surface area contributed by atoms with Gasteiger partial charge < -0.3 is 5.32 Å². The Hall–Kier alpha value is -2.38. The lowest BCUT2D eigenvalue weighted by atomic mass is 10.1. The van der Waals surface area contributed by atoms with Crippen molar-refractivity contribution in [1.29, 1.82) is 0 Å². The van der Waals surface area contributed by atoms with E-state index in [-0.39, 0.29) is 22.0 Å². The standard InChI is InChI=1S/C19H19ClN2O4S/c1-11-4-5-14(8-12(11)2)21-18(23)16-7-6-15(9-17(16)20)22-19(24)13(3)10-27(22,25)26/h4-9,13H,10H2,1-3H3,(H,21,23)/t13-/m0/s1. The van der Waals surface area contributed by atoms with Crippen molar-refractivity contribution in [3.63, 3.8) is 0 Å². The average molecular weight is 407 g/mol. The van der Waals surface area contributed by atoms with E-state index in [2.05, 4.69) is 5.32 Å². The monoisotopic (exact) mass is 406 g/mol. The molecule has 3 rings (SSSR count). The highest BCUT2D eigenvalue weighted by Crippen LogP contribution is 2.31. The third-order valence-corrected chi connectivity index (χ3v) is 6.74. The van der Waals surface area contributed by atoms with Crippen molar-refractivity contribution in [2.24, 2.45) is 5.92 Å². The van der Waals surface area contributed by atoms with E-state index >= 15 is 0 Å². The molecule has 0 aromatic heterocycles. The van der Waals surface area contributed by atoms with Crippen LogP contribution in [0.1, 0.15) is 28.4 Å². The number of amides is 2.